The molecule has 0 atom stereocenters. The van der Waals surface area contributed by atoms with Gasteiger partial charge in [0.25, 0.3) is 0 Å². The Bertz CT molecular complexity index is 414. The van der Waals surface area contributed by atoms with Crippen LogP contribution in [0.2, 0.25) is 0 Å². The topological polar surface area (TPSA) is 74.2 Å². The normalized spacial score (nSPS) is 16.8. The van der Waals surface area contributed by atoms with E-state index in [0.717, 1.165) is 31.6 Å². The predicted molar refractivity (Wildman–Crippen MR) is 64.9 cm³/mol. The molecule has 92 valence electrons. The summed E-state index contributed by atoms with van der Waals surface area (Å²) >= 11 is 0. The first-order valence-electron chi connectivity index (χ1n) is 5.85. The number of rotatable bonds is 2. The second kappa shape index (κ2) is 5.14. The highest BCUT2D eigenvalue weighted by Gasteiger charge is 2.21. The lowest BCUT2D eigenvalue weighted by Gasteiger charge is -2.21. The predicted octanol–water partition coefficient (Wildman–Crippen LogP) is 1.03. The quantitative estimate of drug-likeness (QED) is 0.716. The van der Waals surface area contributed by atoms with Gasteiger partial charge in [-0.05, 0) is 45.0 Å². The molecule has 17 heavy (non-hydrogen) atoms. The summed E-state index contributed by atoms with van der Waals surface area (Å²) in [6, 6.07) is 3.25. The van der Waals surface area contributed by atoms with Crippen LogP contribution in [0.1, 0.15) is 18.5 Å². The molecule has 0 spiro atoms. The number of aromatic hydroxyl groups is 1. The number of aromatic nitrogens is 1. The van der Waals surface area contributed by atoms with E-state index in [0.29, 0.717) is 0 Å². The molecule has 1 fully saturated rings. The Kier molecular flexibility index (Phi) is 3.58. The number of hydrogen-bond acceptors (Lipinski definition) is 4. The molecule has 2 heterocycles. The SMILES string of the molecule is Cc1ccc(O)c(NC(=O)C2CCNCC2)n1. The van der Waals surface area contributed by atoms with Crippen molar-refractivity contribution in [3.63, 3.8) is 0 Å². The summed E-state index contributed by atoms with van der Waals surface area (Å²) < 4.78 is 0. The van der Waals surface area contributed by atoms with Crippen LogP contribution in [0.4, 0.5) is 5.82 Å². The lowest BCUT2D eigenvalue weighted by atomic mass is 9.97. The monoisotopic (exact) mass is 235 g/mol. The van der Waals surface area contributed by atoms with Crippen LogP contribution in [0.25, 0.3) is 0 Å². The van der Waals surface area contributed by atoms with Gasteiger partial charge in [0.1, 0.15) is 0 Å². The van der Waals surface area contributed by atoms with Crippen molar-refractivity contribution in [2.75, 3.05) is 18.4 Å². The molecule has 1 aliphatic heterocycles. The summed E-state index contributed by atoms with van der Waals surface area (Å²) in [6.45, 7) is 3.55. The fourth-order valence-corrected chi connectivity index (χ4v) is 1.94. The number of nitrogens with one attached hydrogen (secondary N) is 2. The second-order valence-corrected chi connectivity index (χ2v) is 4.33. The minimum absolute atomic E-state index is 0.0119. The molecule has 5 heteroatoms. The first-order valence-corrected chi connectivity index (χ1v) is 5.85. The van der Waals surface area contributed by atoms with Crippen molar-refractivity contribution in [2.24, 2.45) is 5.92 Å². The largest absolute Gasteiger partial charge is 0.504 e. The van der Waals surface area contributed by atoms with Gasteiger partial charge < -0.3 is 15.7 Å². The summed E-state index contributed by atoms with van der Waals surface area (Å²) in [5, 5.41) is 15.5. The van der Waals surface area contributed by atoms with Crippen molar-refractivity contribution < 1.29 is 9.90 Å². The number of carbonyl (C=O) groups excluding carboxylic acids is 1. The molecule has 1 aromatic heterocycles. The van der Waals surface area contributed by atoms with Crippen LogP contribution < -0.4 is 10.6 Å². The van der Waals surface area contributed by atoms with Crippen molar-refractivity contribution in [2.45, 2.75) is 19.8 Å². The van der Waals surface area contributed by atoms with Gasteiger partial charge in [-0.25, -0.2) is 4.98 Å². The third kappa shape index (κ3) is 2.94. The van der Waals surface area contributed by atoms with Crippen molar-refractivity contribution in [1.29, 1.82) is 0 Å². The van der Waals surface area contributed by atoms with E-state index in [1.54, 1.807) is 12.1 Å². The van der Waals surface area contributed by atoms with Gasteiger partial charge in [-0.2, -0.15) is 0 Å². The average Bonchev–Trinajstić information content (AvgIpc) is 2.35. The minimum Gasteiger partial charge on any atom is -0.504 e. The first kappa shape index (κ1) is 11.9. The summed E-state index contributed by atoms with van der Waals surface area (Å²) in [7, 11) is 0. The van der Waals surface area contributed by atoms with Crippen molar-refractivity contribution >= 4 is 11.7 Å². The highest BCUT2D eigenvalue weighted by Crippen LogP contribution is 2.22. The molecular formula is C12H17N3O2. The third-order valence-corrected chi connectivity index (χ3v) is 2.96. The number of hydrogen-bond donors (Lipinski definition) is 3. The molecule has 0 unspecified atom stereocenters. The number of pyridine rings is 1. The molecule has 1 amide bonds. The van der Waals surface area contributed by atoms with Crippen LogP contribution in [0, 0.1) is 12.8 Å². The molecule has 0 saturated carbocycles. The van der Waals surface area contributed by atoms with Gasteiger partial charge in [-0.15, -0.1) is 0 Å². The van der Waals surface area contributed by atoms with Gasteiger partial charge in [-0.1, -0.05) is 0 Å². The van der Waals surface area contributed by atoms with Crippen LogP contribution in [0.15, 0.2) is 12.1 Å². The average molecular weight is 235 g/mol. The van der Waals surface area contributed by atoms with Gasteiger partial charge in [0, 0.05) is 11.6 Å². The van der Waals surface area contributed by atoms with E-state index in [1.165, 1.54) is 0 Å². The van der Waals surface area contributed by atoms with Gasteiger partial charge in [-0.3, -0.25) is 4.79 Å². The number of amides is 1. The van der Waals surface area contributed by atoms with E-state index < -0.39 is 0 Å². The molecular weight excluding hydrogens is 218 g/mol. The lowest BCUT2D eigenvalue weighted by molar-refractivity contribution is -0.120. The Balaban J connectivity index is 2.04. The highest BCUT2D eigenvalue weighted by atomic mass is 16.3. The third-order valence-electron chi connectivity index (χ3n) is 2.96. The molecule has 1 saturated heterocycles. The Morgan fingerprint density at radius 3 is 2.88 bits per heavy atom. The molecule has 0 aromatic carbocycles. The molecule has 0 radical (unpaired) electrons. The molecule has 3 N–H and O–H groups in total. The van der Waals surface area contributed by atoms with Crippen molar-refractivity contribution in [1.82, 2.24) is 10.3 Å². The molecule has 1 aromatic rings. The lowest BCUT2D eigenvalue weighted by Crippen LogP contribution is -2.34. The van der Waals surface area contributed by atoms with Crippen molar-refractivity contribution in [3.8, 4) is 5.75 Å². The van der Waals surface area contributed by atoms with Crippen LogP contribution >= 0.6 is 0 Å². The maximum absolute atomic E-state index is 11.9. The van der Waals surface area contributed by atoms with E-state index >= 15 is 0 Å². The number of anilines is 1. The molecule has 1 aliphatic rings. The Labute approximate surface area is 100 Å². The van der Waals surface area contributed by atoms with Crippen LogP contribution in [-0.2, 0) is 4.79 Å². The smallest absolute Gasteiger partial charge is 0.228 e. The molecule has 0 bridgehead atoms. The van der Waals surface area contributed by atoms with Gasteiger partial charge in [0.2, 0.25) is 5.91 Å². The summed E-state index contributed by atoms with van der Waals surface area (Å²) in [5.74, 6) is 0.226. The van der Waals surface area contributed by atoms with Crippen LogP contribution in [0.5, 0.6) is 5.75 Å². The highest BCUT2D eigenvalue weighted by molar-refractivity contribution is 5.92. The number of aryl methyl sites for hydroxylation is 1. The fraction of sp³-hybridized carbons (Fsp3) is 0.500. The maximum atomic E-state index is 11.9. The summed E-state index contributed by atoms with van der Waals surface area (Å²) in [4.78, 5) is 16.1. The Morgan fingerprint density at radius 2 is 2.18 bits per heavy atom. The van der Waals surface area contributed by atoms with E-state index in [-0.39, 0.29) is 23.4 Å². The fourth-order valence-electron chi connectivity index (χ4n) is 1.94. The number of piperidine rings is 1. The molecule has 2 rings (SSSR count). The van der Waals surface area contributed by atoms with Crippen LogP contribution in [-0.4, -0.2) is 29.1 Å². The van der Waals surface area contributed by atoms with E-state index in [9.17, 15) is 9.90 Å². The van der Waals surface area contributed by atoms with Gasteiger partial charge >= 0.3 is 0 Å². The maximum Gasteiger partial charge on any atom is 0.228 e. The zero-order valence-corrected chi connectivity index (χ0v) is 9.86. The first-order chi connectivity index (χ1) is 8.16. The number of carbonyl (C=O) groups is 1. The molecule has 0 aliphatic carbocycles. The molecule has 5 nitrogen and oxygen atoms in total. The van der Waals surface area contributed by atoms with E-state index in [4.69, 9.17) is 0 Å². The zero-order valence-electron chi connectivity index (χ0n) is 9.86. The zero-order chi connectivity index (χ0) is 12.3. The van der Waals surface area contributed by atoms with E-state index in [1.807, 2.05) is 6.92 Å². The standard InChI is InChI=1S/C12H17N3O2/c1-8-2-3-10(16)11(14-8)15-12(17)9-4-6-13-7-5-9/h2-3,9,13,16H,4-7H2,1H3,(H,14,15,17). The Hall–Kier alpha value is -1.62. The van der Waals surface area contributed by atoms with Crippen molar-refractivity contribution in [3.05, 3.63) is 17.8 Å². The van der Waals surface area contributed by atoms with Gasteiger partial charge in [0.05, 0.1) is 0 Å². The van der Waals surface area contributed by atoms with Gasteiger partial charge in [0.15, 0.2) is 11.6 Å². The minimum atomic E-state index is -0.0556. The van der Waals surface area contributed by atoms with Crippen LogP contribution in [0.3, 0.4) is 0 Å². The second-order valence-electron chi connectivity index (χ2n) is 4.33. The van der Waals surface area contributed by atoms with E-state index in [2.05, 4.69) is 15.6 Å². The summed E-state index contributed by atoms with van der Waals surface area (Å²) in [5.41, 5.74) is 0.767. The summed E-state index contributed by atoms with van der Waals surface area (Å²) in [6.07, 6.45) is 1.66. The Morgan fingerprint density at radius 1 is 1.47 bits per heavy atom. The number of nitrogens with zero attached hydrogens (tertiary/aromatic N) is 1.